The highest BCUT2D eigenvalue weighted by molar-refractivity contribution is 5.73. The second kappa shape index (κ2) is 5.31. The van der Waals surface area contributed by atoms with Crippen molar-refractivity contribution in [1.29, 1.82) is 0 Å². The van der Waals surface area contributed by atoms with Gasteiger partial charge in [-0.25, -0.2) is 0 Å². The van der Waals surface area contributed by atoms with Crippen LogP contribution in [0.1, 0.15) is 5.56 Å². The molecule has 0 fully saturated rings. The van der Waals surface area contributed by atoms with Crippen LogP contribution in [0.25, 0.3) is 22.4 Å². The fourth-order valence-corrected chi connectivity index (χ4v) is 2.36. The number of benzene rings is 2. The van der Waals surface area contributed by atoms with Crippen molar-refractivity contribution in [2.45, 2.75) is 6.54 Å². The molecular weight excluding hydrogens is 246 g/mol. The second-order valence-corrected chi connectivity index (χ2v) is 4.82. The molecule has 1 aromatic heterocycles. The summed E-state index contributed by atoms with van der Waals surface area (Å²) in [6.07, 6.45) is 1.95. The van der Waals surface area contributed by atoms with Crippen LogP contribution in [0.4, 0.5) is 0 Å². The molecule has 0 aliphatic rings. The number of aromatic nitrogens is 2. The molecular formula is C17H17N3. The lowest BCUT2D eigenvalue weighted by Crippen LogP contribution is -2.00. The van der Waals surface area contributed by atoms with Crippen molar-refractivity contribution in [2.24, 2.45) is 12.8 Å². The predicted octanol–water partition coefficient (Wildman–Crippen LogP) is 3.21. The summed E-state index contributed by atoms with van der Waals surface area (Å²) in [4.78, 5) is 0. The fourth-order valence-electron chi connectivity index (χ4n) is 2.36. The molecule has 2 N–H and O–H groups in total. The second-order valence-electron chi connectivity index (χ2n) is 4.82. The zero-order valence-electron chi connectivity index (χ0n) is 11.5. The Kier molecular flexibility index (Phi) is 3.35. The average molecular weight is 263 g/mol. The monoisotopic (exact) mass is 263 g/mol. The number of nitrogens with two attached hydrogens (primary N) is 1. The Balaban J connectivity index is 2.12. The molecule has 0 saturated heterocycles. The third-order valence-corrected chi connectivity index (χ3v) is 3.43. The van der Waals surface area contributed by atoms with Crippen molar-refractivity contribution in [3.63, 3.8) is 0 Å². The topological polar surface area (TPSA) is 43.8 Å². The summed E-state index contributed by atoms with van der Waals surface area (Å²) in [5.74, 6) is 0. The minimum atomic E-state index is 0.515. The van der Waals surface area contributed by atoms with Gasteiger partial charge >= 0.3 is 0 Å². The van der Waals surface area contributed by atoms with Crippen LogP contribution in [0.3, 0.4) is 0 Å². The molecule has 0 bridgehead atoms. The van der Waals surface area contributed by atoms with Crippen LogP contribution in [-0.2, 0) is 13.6 Å². The lowest BCUT2D eigenvalue weighted by Gasteiger charge is -2.09. The van der Waals surface area contributed by atoms with Gasteiger partial charge in [0.1, 0.15) is 0 Å². The van der Waals surface area contributed by atoms with Crippen LogP contribution in [0.15, 0.2) is 60.8 Å². The summed E-state index contributed by atoms with van der Waals surface area (Å²) in [5, 5.41) is 4.49. The van der Waals surface area contributed by atoms with E-state index in [0.29, 0.717) is 6.54 Å². The molecule has 2 aromatic carbocycles. The predicted molar refractivity (Wildman–Crippen MR) is 82.0 cm³/mol. The SMILES string of the molecule is Cn1ccc(-c2cc(-c3ccccc3)ccc2CN)n1. The van der Waals surface area contributed by atoms with Gasteiger partial charge in [0.05, 0.1) is 5.69 Å². The van der Waals surface area contributed by atoms with E-state index in [4.69, 9.17) is 5.73 Å². The van der Waals surface area contributed by atoms with Gasteiger partial charge in [0.2, 0.25) is 0 Å². The molecule has 0 saturated carbocycles. The van der Waals surface area contributed by atoms with Crippen molar-refractivity contribution < 1.29 is 0 Å². The molecule has 0 aliphatic heterocycles. The summed E-state index contributed by atoms with van der Waals surface area (Å²) in [5.41, 5.74) is 11.4. The van der Waals surface area contributed by atoms with E-state index in [1.165, 1.54) is 11.1 Å². The maximum atomic E-state index is 5.85. The Labute approximate surface area is 118 Å². The van der Waals surface area contributed by atoms with Gasteiger partial charge in [0.15, 0.2) is 0 Å². The summed E-state index contributed by atoms with van der Waals surface area (Å²) < 4.78 is 1.81. The average Bonchev–Trinajstić information content (AvgIpc) is 2.94. The highest BCUT2D eigenvalue weighted by Crippen LogP contribution is 2.28. The number of hydrogen-bond acceptors (Lipinski definition) is 2. The first-order valence-electron chi connectivity index (χ1n) is 6.66. The third kappa shape index (κ3) is 2.36. The van der Waals surface area contributed by atoms with Gasteiger partial charge in [-0.2, -0.15) is 5.10 Å². The zero-order chi connectivity index (χ0) is 13.9. The largest absolute Gasteiger partial charge is 0.326 e. The van der Waals surface area contributed by atoms with Gasteiger partial charge in [0, 0.05) is 25.4 Å². The number of rotatable bonds is 3. The van der Waals surface area contributed by atoms with E-state index in [1.54, 1.807) is 0 Å². The first-order valence-corrected chi connectivity index (χ1v) is 6.66. The lowest BCUT2D eigenvalue weighted by atomic mass is 9.97. The van der Waals surface area contributed by atoms with E-state index < -0.39 is 0 Å². The molecule has 0 radical (unpaired) electrons. The Morgan fingerprint density at radius 3 is 2.45 bits per heavy atom. The first-order chi connectivity index (χ1) is 9.78. The maximum absolute atomic E-state index is 5.85. The van der Waals surface area contributed by atoms with Crippen molar-refractivity contribution in [3.05, 3.63) is 66.4 Å². The highest BCUT2D eigenvalue weighted by Gasteiger charge is 2.09. The molecule has 3 aromatic rings. The van der Waals surface area contributed by atoms with Gasteiger partial charge in [-0.3, -0.25) is 4.68 Å². The first kappa shape index (κ1) is 12.6. The zero-order valence-corrected chi connectivity index (χ0v) is 11.5. The molecule has 0 aliphatic carbocycles. The molecule has 0 amide bonds. The summed E-state index contributed by atoms with van der Waals surface area (Å²) >= 11 is 0. The number of hydrogen-bond donors (Lipinski definition) is 1. The van der Waals surface area contributed by atoms with Crippen LogP contribution in [0.5, 0.6) is 0 Å². The summed E-state index contributed by atoms with van der Waals surface area (Å²) in [6, 6.07) is 18.7. The summed E-state index contributed by atoms with van der Waals surface area (Å²) in [6.45, 7) is 0.515. The van der Waals surface area contributed by atoms with E-state index in [2.05, 4.69) is 35.4 Å². The van der Waals surface area contributed by atoms with E-state index in [-0.39, 0.29) is 0 Å². The van der Waals surface area contributed by atoms with E-state index in [0.717, 1.165) is 16.8 Å². The Morgan fingerprint density at radius 1 is 1.00 bits per heavy atom. The minimum absolute atomic E-state index is 0.515. The standard InChI is InChI=1S/C17H17N3/c1-20-10-9-17(19-20)16-11-14(7-8-15(16)12-18)13-5-3-2-4-6-13/h2-11H,12,18H2,1H3. The van der Waals surface area contributed by atoms with Gasteiger partial charge in [-0.05, 0) is 28.8 Å². The fraction of sp³-hybridized carbons (Fsp3) is 0.118. The van der Waals surface area contributed by atoms with Gasteiger partial charge < -0.3 is 5.73 Å². The molecule has 3 nitrogen and oxygen atoms in total. The molecule has 0 atom stereocenters. The Morgan fingerprint density at radius 2 is 1.80 bits per heavy atom. The Hall–Kier alpha value is -2.39. The lowest BCUT2D eigenvalue weighted by molar-refractivity contribution is 0.770. The van der Waals surface area contributed by atoms with Crippen molar-refractivity contribution in [3.8, 4) is 22.4 Å². The maximum Gasteiger partial charge on any atom is 0.0926 e. The third-order valence-electron chi connectivity index (χ3n) is 3.43. The molecule has 0 spiro atoms. The van der Waals surface area contributed by atoms with Crippen LogP contribution >= 0.6 is 0 Å². The van der Waals surface area contributed by atoms with Crippen molar-refractivity contribution in [2.75, 3.05) is 0 Å². The smallest absolute Gasteiger partial charge is 0.0926 e. The van der Waals surface area contributed by atoms with E-state index in [1.807, 2.05) is 42.2 Å². The molecule has 0 unspecified atom stereocenters. The molecule has 1 heterocycles. The van der Waals surface area contributed by atoms with Crippen LogP contribution < -0.4 is 5.73 Å². The molecule has 100 valence electrons. The van der Waals surface area contributed by atoms with Crippen LogP contribution in [0, 0.1) is 0 Å². The Bertz CT molecular complexity index is 714. The molecule has 3 rings (SSSR count). The minimum Gasteiger partial charge on any atom is -0.326 e. The van der Waals surface area contributed by atoms with Gasteiger partial charge in [0.25, 0.3) is 0 Å². The van der Waals surface area contributed by atoms with E-state index >= 15 is 0 Å². The van der Waals surface area contributed by atoms with Crippen molar-refractivity contribution >= 4 is 0 Å². The number of aryl methyl sites for hydroxylation is 1. The van der Waals surface area contributed by atoms with Crippen LogP contribution in [0.2, 0.25) is 0 Å². The number of nitrogens with zero attached hydrogens (tertiary/aromatic N) is 2. The molecule has 3 heteroatoms. The van der Waals surface area contributed by atoms with Gasteiger partial charge in [-0.1, -0.05) is 42.5 Å². The van der Waals surface area contributed by atoms with Gasteiger partial charge in [-0.15, -0.1) is 0 Å². The molecule has 20 heavy (non-hydrogen) atoms. The summed E-state index contributed by atoms with van der Waals surface area (Å²) in [7, 11) is 1.92. The normalized spacial score (nSPS) is 10.7. The quantitative estimate of drug-likeness (QED) is 0.788. The van der Waals surface area contributed by atoms with Crippen LogP contribution in [-0.4, -0.2) is 9.78 Å². The van der Waals surface area contributed by atoms with Crippen molar-refractivity contribution in [1.82, 2.24) is 9.78 Å². The van der Waals surface area contributed by atoms with E-state index in [9.17, 15) is 0 Å². The highest BCUT2D eigenvalue weighted by atomic mass is 15.2.